The number of H-pyrrole nitrogens is 1. The lowest BCUT2D eigenvalue weighted by molar-refractivity contribution is 0.391. The molecule has 8 nitrogen and oxygen atoms in total. The summed E-state index contributed by atoms with van der Waals surface area (Å²) in [4.78, 5) is 23.5. The third-order valence-electron chi connectivity index (χ3n) is 4.82. The van der Waals surface area contributed by atoms with Crippen LogP contribution in [0.4, 0.5) is 14.7 Å². The second-order valence-corrected chi connectivity index (χ2v) is 6.68. The van der Waals surface area contributed by atoms with E-state index in [9.17, 15) is 13.6 Å². The van der Waals surface area contributed by atoms with Gasteiger partial charge in [-0.3, -0.25) is 4.57 Å². The minimum Gasteiger partial charge on any atom is -0.497 e. The number of anilines is 1. The van der Waals surface area contributed by atoms with Gasteiger partial charge in [-0.25, -0.2) is 18.6 Å². The Labute approximate surface area is 175 Å². The second-order valence-electron chi connectivity index (χ2n) is 6.68. The molecule has 0 fully saturated rings. The molecule has 0 aliphatic heterocycles. The number of ether oxygens (including phenoxy) is 2. The lowest BCUT2D eigenvalue weighted by atomic mass is 10.2. The molecule has 31 heavy (non-hydrogen) atoms. The van der Waals surface area contributed by atoms with E-state index in [0.717, 1.165) is 22.3 Å². The molecule has 0 aliphatic rings. The number of hydrogen-bond acceptors (Lipinski definition) is 6. The molecule has 0 amide bonds. The third kappa shape index (κ3) is 4.04. The first kappa shape index (κ1) is 20.3. The van der Waals surface area contributed by atoms with Crippen molar-refractivity contribution in [3.8, 4) is 11.5 Å². The van der Waals surface area contributed by atoms with Gasteiger partial charge in [-0.2, -0.15) is 4.98 Å². The first-order chi connectivity index (χ1) is 15.0. The molecule has 10 heteroatoms. The summed E-state index contributed by atoms with van der Waals surface area (Å²) in [6.45, 7) is 0.0371. The molecule has 4 aromatic rings. The van der Waals surface area contributed by atoms with Crippen LogP contribution in [0.25, 0.3) is 11.2 Å². The van der Waals surface area contributed by atoms with Crippen molar-refractivity contribution in [1.82, 2.24) is 19.5 Å². The number of methoxy groups -OCH3 is 2. The minimum atomic E-state index is -0.736. The number of nitrogens with zero attached hydrogens (tertiary/aromatic N) is 3. The van der Waals surface area contributed by atoms with Crippen LogP contribution in [0.2, 0.25) is 0 Å². The molecule has 4 rings (SSSR count). The highest BCUT2D eigenvalue weighted by atomic mass is 19.1. The SMILES string of the molecule is COc1ccc(CNc2ncc3[nH]c(=O)n(Cc4c(F)cccc4F)c3n2)c(OC)c1. The molecule has 2 aromatic carbocycles. The summed E-state index contributed by atoms with van der Waals surface area (Å²) in [7, 11) is 3.13. The summed E-state index contributed by atoms with van der Waals surface area (Å²) in [6.07, 6.45) is 1.44. The summed E-state index contributed by atoms with van der Waals surface area (Å²) >= 11 is 0. The van der Waals surface area contributed by atoms with Crippen molar-refractivity contribution < 1.29 is 18.3 Å². The van der Waals surface area contributed by atoms with Crippen LogP contribution in [0.3, 0.4) is 0 Å². The van der Waals surface area contributed by atoms with Crippen LogP contribution in [0, 0.1) is 11.6 Å². The zero-order valence-electron chi connectivity index (χ0n) is 16.8. The number of imidazole rings is 1. The minimum absolute atomic E-state index is 0.221. The molecular formula is C21H19F2N5O3. The van der Waals surface area contributed by atoms with Crippen molar-refractivity contribution in [3.05, 3.63) is 75.8 Å². The highest BCUT2D eigenvalue weighted by Crippen LogP contribution is 2.25. The van der Waals surface area contributed by atoms with Gasteiger partial charge in [0.15, 0.2) is 5.65 Å². The molecular weight excluding hydrogens is 408 g/mol. The predicted octanol–water partition coefficient (Wildman–Crippen LogP) is 3.08. The van der Waals surface area contributed by atoms with Crippen LogP contribution < -0.4 is 20.5 Å². The molecule has 0 atom stereocenters. The first-order valence-electron chi connectivity index (χ1n) is 9.33. The van der Waals surface area contributed by atoms with Crippen molar-refractivity contribution in [2.45, 2.75) is 13.1 Å². The number of fused-ring (bicyclic) bond motifs is 1. The molecule has 0 spiro atoms. The number of aromatic amines is 1. The summed E-state index contributed by atoms with van der Waals surface area (Å²) in [5.74, 6) is 0.0594. The first-order valence-corrected chi connectivity index (χ1v) is 9.33. The van der Waals surface area contributed by atoms with Crippen LogP contribution in [-0.4, -0.2) is 33.7 Å². The van der Waals surface area contributed by atoms with E-state index < -0.39 is 17.3 Å². The van der Waals surface area contributed by atoms with Gasteiger partial charge in [0.25, 0.3) is 0 Å². The maximum atomic E-state index is 14.1. The summed E-state index contributed by atoms with van der Waals surface area (Å²) < 4.78 is 39.8. The van der Waals surface area contributed by atoms with E-state index in [0.29, 0.717) is 23.6 Å². The zero-order valence-corrected chi connectivity index (χ0v) is 16.8. The van der Waals surface area contributed by atoms with Crippen molar-refractivity contribution in [3.63, 3.8) is 0 Å². The van der Waals surface area contributed by atoms with Gasteiger partial charge >= 0.3 is 5.69 Å². The van der Waals surface area contributed by atoms with E-state index in [1.54, 1.807) is 26.4 Å². The summed E-state index contributed by atoms with van der Waals surface area (Å²) in [5.41, 5.74) is 0.663. The highest BCUT2D eigenvalue weighted by molar-refractivity contribution is 5.71. The number of rotatable bonds is 7. The van der Waals surface area contributed by atoms with E-state index in [4.69, 9.17) is 9.47 Å². The van der Waals surface area contributed by atoms with E-state index in [1.165, 1.54) is 12.3 Å². The van der Waals surface area contributed by atoms with E-state index in [-0.39, 0.29) is 23.7 Å². The highest BCUT2D eigenvalue weighted by Gasteiger charge is 2.15. The van der Waals surface area contributed by atoms with Crippen molar-refractivity contribution in [2.24, 2.45) is 0 Å². The Morgan fingerprint density at radius 2 is 1.90 bits per heavy atom. The lowest BCUT2D eigenvalue weighted by Gasteiger charge is -2.11. The summed E-state index contributed by atoms with van der Waals surface area (Å²) in [5, 5.41) is 3.07. The van der Waals surface area contributed by atoms with Gasteiger partial charge in [0.05, 0.1) is 27.0 Å². The normalized spacial score (nSPS) is 11.0. The summed E-state index contributed by atoms with van der Waals surface area (Å²) in [6, 6.07) is 8.95. The van der Waals surface area contributed by atoms with Gasteiger partial charge in [0, 0.05) is 23.7 Å². The largest absolute Gasteiger partial charge is 0.497 e. The number of hydrogen-bond donors (Lipinski definition) is 2. The molecule has 2 heterocycles. The topological polar surface area (TPSA) is 94.1 Å². The Morgan fingerprint density at radius 3 is 2.61 bits per heavy atom. The van der Waals surface area contributed by atoms with Crippen LogP contribution in [0.15, 0.2) is 47.4 Å². The molecule has 0 aliphatic carbocycles. The molecule has 0 saturated carbocycles. The van der Waals surface area contributed by atoms with Gasteiger partial charge in [0.1, 0.15) is 28.7 Å². The van der Waals surface area contributed by atoms with E-state index in [2.05, 4.69) is 20.3 Å². The maximum Gasteiger partial charge on any atom is 0.328 e. The smallest absolute Gasteiger partial charge is 0.328 e. The zero-order chi connectivity index (χ0) is 22.0. The average molecular weight is 427 g/mol. The third-order valence-corrected chi connectivity index (χ3v) is 4.82. The van der Waals surface area contributed by atoms with Gasteiger partial charge < -0.3 is 19.8 Å². The quantitative estimate of drug-likeness (QED) is 0.471. The number of halogens is 2. The fraction of sp³-hybridized carbons (Fsp3) is 0.190. The molecule has 160 valence electrons. The van der Waals surface area contributed by atoms with Gasteiger partial charge in [-0.15, -0.1) is 0 Å². The Morgan fingerprint density at radius 1 is 1.13 bits per heavy atom. The fourth-order valence-corrected chi connectivity index (χ4v) is 3.19. The monoisotopic (exact) mass is 427 g/mol. The average Bonchev–Trinajstić information content (AvgIpc) is 3.09. The molecule has 0 radical (unpaired) electrons. The number of nitrogens with one attached hydrogen (secondary N) is 2. The Bertz CT molecular complexity index is 1280. The molecule has 0 unspecified atom stereocenters. The Kier molecular flexibility index (Phi) is 5.52. The molecule has 2 N–H and O–H groups in total. The molecule has 2 aromatic heterocycles. The van der Waals surface area contributed by atoms with Crippen LogP contribution in [-0.2, 0) is 13.1 Å². The van der Waals surface area contributed by atoms with E-state index >= 15 is 0 Å². The van der Waals surface area contributed by atoms with Crippen LogP contribution in [0.5, 0.6) is 11.5 Å². The molecule has 0 bridgehead atoms. The number of benzene rings is 2. The van der Waals surface area contributed by atoms with Gasteiger partial charge in [0.2, 0.25) is 5.95 Å². The fourth-order valence-electron chi connectivity index (χ4n) is 3.19. The molecule has 0 saturated heterocycles. The maximum absolute atomic E-state index is 14.1. The lowest BCUT2D eigenvalue weighted by Crippen LogP contribution is -2.19. The Balaban J connectivity index is 1.63. The van der Waals surface area contributed by atoms with Gasteiger partial charge in [-0.1, -0.05) is 6.07 Å². The van der Waals surface area contributed by atoms with Crippen molar-refractivity contribution >= 4 is 17.1 Å². The second kappa shape index (κ2) is 8.42. The van der Waals surface area contributed by atoms with Gasteiger partial charge in [-0.05, 0) is 24.3 Å². The van der Waals surface area contributed by atoms with E-state index in [1.807, 2.05) is 6.07 Å². The number of aromatic nitrogens is 4. The van der Waals surface area contributed by atoms with Crippen molar-refractivity contribution in [1.29, 1.82) is 0 Å². The van der Waals surface area contributed by atoms with Crippen molar-refractivity contribution in [2.75, 3.05) is 19.5 Å². The Hall–Kier alpha value is -3.95. The predicted molar refractivity (Wildman–Crippen MR) is 110 cm³/mol. The van der Waals surface area contributed by atoms with Crippen LogP contribution >= 0.6 is 0 Å². The standard InChI is InChI=1S/C21H19F2N5O3/c1-30-13-7-6-12(18(8-13)31-2)9-24-20-25-10-17-19(27-20)28(21(29)26-17)11-14-15(22)4-3-5-16(14)23/h3-8,10H,9,11H2,1-2H3,(H,26,29)(H,24,25,27). The van der Waals surface area contributed by atoms with Crippen LogP contribution in [0.1, 0.15) is 11.1 Å².